The van der Waals surface area contributed by atoms with Crippen LogP contribution in [0.1, 0.15) is 19.8 Å². The summed E-state index contributed by atoms with van der Waals surface area (Å²) in [6, 6.07) is 0. The number of hydrogen-bond donors (Lipinski definition) is 0. The fourth-order valence-corrected chi connectivity index (χ4v) is 0.417. The number of halogens is 1. The van der Waals surface area contributed by atoms with Gasteiger partial charge in [0.2, 0.25) is 0 Å². The molecule has 0 atom stereocenters. The van der Waals surface area contributed by atoms with E-state index in [0.717, 1.165) is 6.42 Å². The van der Waals surface area contributed by atoms with Crippen molar-refractivity contribution in [1.82, 2.24) is 0 Å². The zero-order valence-electron chi connectivity index (χ0n) is 4.52. The minimum Gasteiger partial charge on any atom is -0.0933 e. The summed E-state index contributed by atoms with van der Waals surface area (Å²) in [7, 11) is 0. The van der Waals surface area contributed by atoms with Gasteiger partial charge in [-0.1, -0.05) is 31.0 Å². The Labute approximate surface area is 50.2 Å². The molecule has 0 nitrogen and oxygen atoms in total. The van der Waals surface area contributed by atoms with E-state index in [1.807, 2.05) is 12.5 Å². The molecule has 0 aliphatic carbocycles. The molecule has 0 unspecified atom stereocenters. The van der Waals surface area contributed by atoms with Crippen molar-refractivity contribution in [2.75, 3.05) is 0 Å². The maximum atomic E-state index is 5.23. The lowest BCUT2D eigenvalue weighted by Crippen LogP contribution is -1.64. The highest BCUT2D eigenvalue weighted by atomic mass is 35.5. The van der Waals surface area contributed by atoms with E-state index in [9.17, 15) is 0 Å². The van der Waals surface area contributed by atoms with Gasteiger partial charge in [-0.3, -0.25) is 0 Å². The summed E-state index contributed by atoms with van der Waals surface area (Å²) in [4.78, 5) is 0. The normalized spacial score (nSPS) is 10.6. The lowest BCUT2D eigenvalue weighted by molar-refractivity contribution is 0.923. The molecule has 0 aromatic rings. The Morgan fingerprint density at radius 1 is 1.57 bits per heavy atom. The maximum absolute atomic E-state index is 5.23. The highest BCUT2D eigenvalue weighted by Crippen LogP contribution is 1.93. The van der Waals surface area contributed by atoms with Gasteiger partial charge in [0.1, 0.15) is 0 Å². The minimum absolute atomic E-state index is 1.13. The van der Waals surface area contributed by atoms with E-state index in [1.54, 1.807) is 0 Å². The molecule has 0 heterocycles. The molecular formula is C6H10Cl. The molecule has 1 heteroatoms. The summed E-state index contributed by atoms with van der Waals surface area (Å²) in [6.45, 7) is 2.14. The molecule has 0 rings (SSSR count). The smallest absolute Gasteiger partial charge is 0.000547 e. The number of allylic oxidation sites excluding steroid dienone is 1. The molecule has 0 amide bonds. The molecule has 0 aliphatic rings. The Morgan fingerprint density at radius 2 is 2.29 bits per heavy atom. The lowest BCUT2D eigenvalue weighted by Gasteiger charge is -1.82. The predicted octanol–water partition coefficient (Wildman–Crippen LogP) is 2.74. The highest BCUT2D eigenvalue weighted by Gasteiger charge is 1.74. The Hall–Kier alpha value is 0.0300. The van der Waals surface area contributed by atoms with E-state index in [4.69, 9.17) is 11.6 Å². The molecule has 0 spiro atoms. The standard InChI is InChI=1S/C6H10Cl/c1-2-3-4-5-6-7/h4-6H,2-3H2,1H3/b6-5+. The second-order valence-electron chi connectivity index (χ2n) is 1.34. The molecule has 0 aliphatic heterocycles. The second kappa shape index (κ2) is 6.03. The van der Waals surface area contributed by atoms with Crippen LogP contribution in [-0.4, -0.2) is 0 Å². The van der Waals surface area contributed by atoms with Gasteiger partial charge in [-0.15, -0.1) is 0 Å². The Morgan fingerprint density at radius 3 is 2.71 bits per heavy atom. The number of hydrogen-bond acceptors (Lipinski definition) is 0. The average molecular weight is 118 g/mol. The fourth-order valence-electron chi connectivity index (χ4n) is 0.314. The molecule has 41 valence electrons. The molecule has 0 saturated carbocycles. The first kappa shape index (κ1) is 7.03. The lowest BCUT2D eigenvalue weighted by atomic mass is 10.3. The summed E-state index contributed by atoms with van der Waals surface area (Å²) >= 11 is 5.23. The van der Waals surface area contributed by atoms with Crippen LogP contribution < -0.4 is 0 Å². The predicted molar refractivity (Wildman–Crippen MR) is 34.2 cm³/mol. The number of rotatable bonds is 3. The van der Waals surface area contributed by atoms with Crippen LogP contribution in [0.5, 0.6) is 0 Å². The third-order valence-electron chi connectivity index (χ3n) is 0.664. The molecule has 7 heavy (non-hydrogen) atoms. The van der Waals surface area contributed by atoms with Crippen molar-refractivity contribution < 1.29 is 0 Å². The van der Waals surface area contributed by atoms with E-state index in [1.165, 1.54) is 12.0 Å². The van der Waals surface area contributed by atoms with Gasteiger partial charge in [-0.25, -0.2) is 0 Å². The topological polar surface area (TPSA) is 0 Å². The van der Waals surface area contributed by atoms with Crippen molar-refractivity contribution in [3.63, 3.8) is 0 Å². The van der Waals surface area contributed by atoms with Gasteiger partial charge in [0.15, 0.2) is 0 Å². The van der Waals surface area contributed by atoms with Gasteiger partial charge in [-0.05, 0) is 12.8 Å². The van der Waals surface area contributed by atoms with Gasteiger partial charge in [0.05, 0.1) is 0 Å². The molecule has 1 radical (unpaired) electrons. The van der Waals surface area contributed by atoms with Crippen LogP contribution in [0, 0.1) is 6.42 Å². The molecule has 0 fully saturated rings. The monoisotopic (exact) mass is 117 g/mol. The van der Waals surface area contributed by atoms with Crippen molar-refractivity contribution in [1.29, 1.82) is 0 Å². The molecule has 0 aromatic heterocycles. The van der Waals surface area contributed by atoms with Crippen molar-refractivity contribution in [2.24, 2.45) is 0 Å². The summed E-state index contributed by atoms with van der Waals surface area (Å²) in [6.07, 6.45) is 6.22. The van der Waals surface area contributed by atoms with Crippen LogP contribution in [0.25, 0.3) is 0 Å². The number of unbranched alkanes of at least 4 members (excludes halogenated alkanes) is 2. The Balaban J connectivity index is 2.69. The summed E-state index contributed by atoms with van der Waals surface area (Å²) < 4.78 is 0. The van der Waals surface area contributed by atoms with Crippen LogP contribution in [-0.2, 0) is 0 Å². The van der Waals surface area contributed by atoms with Crippen LogP contribution in [0.4, 0.5) is 0 Å². The van der Waals surface area contributed by atoms with E-state index < -0.39 is 0 Å². The molecular weight excluding hydrogens is 108 g/mol. The summed E-state index contributed by atoms with van der Waals surface area (Å²) in [5, 5.41) is 0. The first-order chi connectivity index (χ1) is 3.41. The van der Waals surface area contributed by atoms with Crippen LogP contribution in [0.3, 0.4) is 0 Å². The Bertz CT molecular complexity index is 48.1. The van der Waals surface area contributed by atoms with E-state index in [0.29, 0.717) is 0 Å². The molecule has 0 N–H and O–H groups in total. The Kier molecular flexibility index (Phi) is 6.06. The first-order valence-corrected chi connectivity index (χ1v) is 2.94. The van der Waals surface area contributed by atoms with Crippen molar-refractivity contribution >= 4 is 11.6 Å². The van der Waals surface area contributed by atoms with Crippen molar-refractivity contribution in [3.05, 3.63) is 18.0 Å². The average Bonchev–Trinajstić information content (AvgIpc) is 1.69. The van der Waals surface area contributed by atoms with Crippen LogP contribution in [0.2, 0.25) is 0 Å². The van der Waals surface area contributed by atoms with Gasteiger partial charge in [0, 0.05) is 5.54 Å². The first-order valence-electron chi connectivity index (χ1n) is 2.50. The van der Waals surface area contributed by atoms with Crippen molar-refractivity contribution in [3.8, 4) is 0 Å². The zero-order chi connectivity index (χ0) is 5.54. The van der Waals surface area contributed by atoms with E-state index in [-0.39, 0.29) is 0 Å². The SMILES string of the molecule is CCC[CH]/C=C/Cl. The van der Waals surface area contributed by atoms with E-state index >= 15 is 0 Å². The summed E-state index contributed by atoms with van der Waals surface area (Å²) in [5.74, 6) is 0. The highest BCUT2D eigenvalue weighted by molar-refractivity contribution is 6.25. The molecule has 0 bridgehead atoms. The van der Waals surface area contributed by atoms with Gasteiger partial charge >= 0.3 is 0 Å². The maximum Gasteiger partial charge on any atom is 0.000547 e. The van der Waals surface area contributed by atoms with Gasteiger partial charge < -0.3 is 0 Å². The quantitative estimate of drug-likeness (QED) is 0.499. The van der Waals surface area contributed by atoms with Crippen LogP contribution in [0.15, 0.2) is 11.6 Å². The van der Waals surface area contributed by atoms with Gasteiger partial charge in [0.25, 0.3) is 0 Å². The fraction of sp³-hybridized carbons (Fsp3) is 0.500. The van der Waals surface area contributed by atoms with Gasteiger partial charge in [-0.2, -0.15) is 0 Å². The molecule has 0 saturated heterocycles. The van der Waals surface area contributed by atoms with Crippen LogP contribution >= 0.6 is 11.6 Å². The third kappa shape index (κ3) is 6.03. The zero-order valence-corrected chi connectivity index (χ0v) is 5.28. The summed E-state index contributed by atoms with van der Waals surface area (Å²) in [5.41, 5.74) is 1.52. The minimum atomic E-state index is 1.13. The molecule has 0 aromatic carbocycles. The third-order valence-corrected chi connectivity index (χ3v) is 0.810. The van der Waals surface area contributed by atoms with E-state index in [2.05, 4.69) is 6.92 Å². The largest absolute Gasteiger partial charge is 0.0933 e. The van der Waals surface area contributed by atoms with Crippen molar-refractivity contribution in [2.45, 2.75) is 19.8 Å². The second-order valence-corrected chi connectivity index (χ2v) is 1.59.